The lowest BCUT2D eigenvalue weighted by Gasteiger charge is -2.23. The summed E-state index contributed by atoms with van der Waals surface area (Å²) in [7, 11) is 3.59. The first-order valence-electron chi connectivity index (χ1n) is 6.53. The van der Waals surface area contributed by atoms with E-state index >= 15 is 0 Å². The van der Waals surface area contributed by atoms with Crippen molar-refractivity contribution in [3.05, 3.63) is 30.1 Å². The van der Waals surface area contributed by atoms with Crippen molar-refractivity contribution < 1.29 is 9.59 Å². The fraction of sp³-hybridized carbons (Fsp3) is 0.500. The minimum atomic E-state index is -0.230. The van der Waals surface area contributed by atoms with Crippen LogP contribution < -0.4 is 0 Å². The molecule has 0 saturated heterocycles. The number of rotatable bonds is 6. The molecule has 0 N–H and O–H groups in total. The van der Waals surface area contributed by atoms with Gasteiger partial charge in [0.1, 0.15) is 0 Å². The number of nitrogens with zero attached hydrogens (tertiary/aromatic N) is 4. The summed E-state index contributed by atoms with van der Waals surface area (Å²) in [5.41, 5.74) is 2.03. The van der Waals surface area contributed by atoms with Crippen molar-refractivity contribution in [3.63, 3.8) is 0 Å². The predicted molar refractivity (Wildman–Crippen MR) is 76.9 cm³/mol. The summed E-state index contributed by atoms with van der Waals surface area (Å²) >= 11 is 0. The first-order chi connectivity index (χ1) is 9.40. The second-order valence-electron chi connectivity index (χ2n) is 4.69. The van der Waals surface area contributed by atoms with E-state index < -0.39 is 0 Å². The van der Waals surface area contributed by atoms with Crippen molar-refractivity contribution >= 4 is 11.8 Å². The average Bonchev–Trinajstić information content (AvgIpc) is 2.75. The third-order valence-electron chi connectivity index (χ3n) is 3.36. The van der Waals surface area contributed by atoms with Gasteiger partial charge in [-0.05, 0) is 19.9 Å². The van der Waals surface area contributed by atoms with Gasteiger partial charge in [0, 0.05) is 38.4 Å². The molecule has 1 heterocycles. The summed E-state index contributed by atoms with van der Waals surface area (Å²) in [5, 5.41) is 4.15. The molecule has 0 aliphatic carbocycles. The van der Waals surface area contributed by atoms with Crippen LogP contribution in [0.3, 0.4) is 0 Å². The van der Waals surface area contributed by atoms with Crippen LogP contribution in [0.25, 0.3) is 0 Å². The van der Waals surface area contributed by atoms with Crippen molar-refractivity contribution in [1.29, 1.82) is 0 Å². The van der Waals surface area contributed by atoms with Crippen molar-refractivity contribution in [2.45, 2.75) is 20.4 Å². The SMILES string of the molecule is C=CC(=O)N(CC)CC(=O)N(C)Cc1cnn(C)c1C. The van der Waals surface area contributed by atoms with Crippen molar-refractivity contribution in [2.24, 2.45) is 7.05 Å². The summed E-state index contributed by atoms with van der Waals surface area (Å²) in [6.45, 7) is 8.26. The van der Waals surface area contributed by atoms with Gasteiger partial charge >= 0.3 is 0 Å². The lowest BCUT2D eigenvalue weighted by Crippen LogP contribution is -2.40. The Kier molecular flexibility index (Phi) is 5.49. The molecule has 0 fully saturated rings. The monoisotopic (exact) mass is 278 g/mol. The smallest absolute Gasteiger partial charge is 0.246 e. The number of carbonyl (C=O) groups is 2. The Bertz CT molecular complexity index is 507. The average molecular weight is 278 g/mol. The van der Waals surface area contributed by atoms with E-state index in [2.05, 4.69) is 11.7 Å². The van der Waals surface area contributed by atoms with Gasteiger partial charge < -0.3 is 9.80 Å². The van der Waals surface area contributed by atoms with Crippen molar-refractivity contribution in [2.75, 3.05) is 20.1 Å². The van der Waals surface area contributed by atoms with Crippen molar-refractivity contribution in [1.82, 2.24) is 19.6 Å². The topological polar surface area (TPSA) is 58.4 Å². The van der Waals surface area contributed by atoms with Crippen LogP contribution in [0.5, 0.6) is 0 Å². The predicted octanol–water partition coefficient (Wildman–Crippen LogP) is 0.721. The Balaban J connectivity index is 2.65. The Hall–Kier alpha value is -2.11. The van der Waals surface area contributed by atoms with Crippen LogP contribution in [0.1, 0.15) is 18.2 Å². The maximum Gasteiger partial charge on any atom is 0.246 e. The van der Waals surface area contributed by atoms with Gasteiger partial charge in [0.15, 0.2) is 0 Å². The maximum atomic E-state index is 12.1. The van der Waals surface area contributed by atoms with E-state index in [-0.39, 0.29) is 18.4 Å². The Morgan fingerprint density at radius 3 is 2.60 bits per heavy atom. The third kappa shape index (κ3) is 3.69. The van der Waals surface area contributed by atoms with Gasteiger partial charge in [0.05, 0.1) is 12.7 Å². The van der Waals surface area contributed by atoms with E-state index in [1.807, 2.05) is 20.9 Å². The van der Waals surface area contributed by atoms with E-state index in [0.717, 1.165) is 11.3 Å². The molecule has 0 radical (unpaired) electrons. The summed E-state index contributed by atoms with van der Waals surface area (Å²) in [5.74, 6) is -0.336. The number of hydrogen-bond donors (Lipinski definition) is 0. The second kappa shape index (κ2) is 6.88. The molecule has 0 aromatic carbocycles. The maximum absolute atomic E-state index is 12.1. The molecule has 0 aliphatic rings. The van der Waals surface area contributed by atoms with Gasteiger partial charge in [-0.3, -0.25) is 14.3 Å². The lowest BCUT2D eigenvalue weighted by atomic mass is 10.2. The van der Waals surface area contributed by atoms with Crippen LogP contribution in [-0.2, 0) is 23.2 Å². The molecular weight excluding hydrogens is 256 g/mol. The van der Waals surface area contributed by atoms with Crippen LogP contribution in [-0.4, -0.2) is 51.5 Å². The van der Waals surface area contributed by atoms with Crippen LogP contribution in [0, 0.1) is 6.92 Å². The number of carbonyl (C=O) groups excluding carboxylic acids is 2. The molecule has 0 spiro atoms. The molecule has 1 aromatic heterocycles. The summed E-state index contributed by atoms with van der Waals surface area (Å²) in [6.07, 6.45) is 2.98. The molecule has 0 unspecified atom stereocenters. The number of aryl methyl sites for hydroxylation is 1. The van der Waals surface area contributed by atoms with Crippen LogP contribution in [0.2, 0.25) is 0 Å². The normalized spacial score (nSPS) is 10.2. The number of likely N-dealkylation sites (N-methyl/N-ethyl adjacent to an activating group) is 2. The Morgan fingerprint density at radius 1 is 1.50 bits per heavy atom. The Morgan fingerprint density at radius 2 is 2.15 bits per heavy atom. The molecule has 110 valence electrons. The molecule has 0 saturated carbocycles. The molecule has 6 nitrogen and oxygen atoms in total. The zero-order valence-corrected chi connectivity index (χ0v) is 12.6. The van der Waals surface area contributed by atoms with E-state index in [9.17, 15) is 9.59 Å². The molecule has 20 heavy (non-hydrogen) atoms. The molecule has 6 heteroatoms. The minimum absolute atomic E-state index is 0.0666. The van der Waals surface area contributed by atoms with Crippen LogP contribution in [0.15, 0.2) is 18.9 Å². The largest absolute Gasteiger partial charge is 0.340 e. The van der Waals surface area contributed by atoms with Gasteiger partial charge in [-0.15, -0.1) is 0 Å². The van der Waals surface area contributed by atoms with E-state index in [1.54, 1.807) is 22.8 Å². The van der Waals surface area contributed by atoms with E-state index in [1.165, 1.54) is 11.0 Å². The first-order valence-corrected chi connectivity index (χ1v) is 6.53. The summed E-state index contributed by atoms with van der Waals surface area (Å²) < 4.78 is 1.77. The second-order valence-corrected chi connectivity index (χ2v) is 4.69. The minimum Gasteiger partial charge on any atom is -0.340 e. The van der Waals surface area contributed by atoms with Crippen LogP contribution >= 0.6 is 0 Å². The highest BCUT2D eigenvalue weighted by Gasteiger charge is 2.17. The highest BCUT2D eigenvalue weighted by Crippen LogP contribution is 2.08. The zero-order chi connectivity index (χ0) is 15.3. The first kappa shape index (κ1) is 15.9. The highest BCUT2D eigenvalue weighted by atomic mass is 16.2. The van der Waals surface area contributed by atoms with Gasteiger partial charge in [0.25, 0.3) is 0 Å². The molecule has 0 atom stereocenters. The van der Waals surface area contributed by atoms with Gasteiger partial charge in [0.2, 0.25) is 11.8 Å². The molecular formula is C14H22N4O2. The highest BCUT2D eigenvalue weighted by molar-refractivity contribution is 5.90. The molecule has 0 bridgehead atoms. The standard InChI is InChI=1S/C14H22N4O2/c1-6-13(19)18(7-2)10-14(20)16(4)9-12-8-15-17(5)11(12)3/h6,8H,1,7,9-10H2,2-5H3. The van der Waals surface area contributed by atoms with Gasteiger partial charge in [-0.2, -0.15) is 5.10 Å². The van der Waals surface area contributed by atoms with Gasteiger partial charge in [-0.25, -0.2) is 0 Å². The molecule has 2 amide bonds. The van der Waals surface area contributed by atoms with Crippen LogP contribution in [0.4, 0.5) is 0 Å². The fourth-order valence-electron chi connectivity index (χ4n) is 1.80. The van der Waals surface area contributed by atoms with E-state index in [4.69, 9.17) is 0 Å². The molecule has 0 aliphatic heterocycles. The molecule has 1 aromatic rings. The lowest BCUT2D eigenvalue weighted by molar-refractivity contribution is -0.137. The number of amides is 2. The summed E-state index contributed by atoms with van der Waals surface area (Å²) in [6, 6.07) is 0. The van der Waals surface area contributed by atoms with Crippen molar-refractivity contribution in [3.8, 4) is 0 Å². The number of hydrogen-bond acceptors (Lipinski definition) is 3. The van der Waals surface area contributed by atoms with E-state index in [0.29, 0.717) is 13.1 Å². The number of aromatic nitrogens is 2. The van der Waals surface area contributed by atoms with Gasteiger partial charge in [-0.1, -0.05) is 6.58 Å². The zero-order valence-electron chi connectivity index (χ0n) is 12.6. The fourth-order valence-corrected chi connectivity index (χ4v) is 1.80. The molecule has 1 rings (SSSR count). The Labute approximate surface area is 119 Å². The quantitative estimate of drug-likeness (QED) is 0.721. The third-order valence-corrected chi connectivity index (χ3v) is 3.36. The summed E-state index contributed by atoms with van der Waals surface area (Å²) in [4.78, 5) is 26.7.